The Labute approximate surface area is 173 Å². The van der Waals surface area contributed by atoms with Gasteiger partial charge in [0.2, 0.25) is 0 Å². The summed E-state index contributed by atoms with van der Waals surface area (Å²) in [5, 5.41) is 2.57. The highest BCUT2D eigenvalue weighted by Crippen LogP contribution is 2.49. The molecule has 30 heavy (non-hydrogen) atoms. The number of aryl methyl sites for hydroxylation is 2. The lowest BCUT2D eigenvalue weighted by molar-refractivity contribution is 0.251. The largest absolute Gasteiger partial charge is 0.284 e. The lowest BCUT2D eigenvalue weighted by atomic mass is 9.91. The fraction of sp³-hybridized carbons (Fsp3) is 0.0909. The first-order valence-electron chi connectivity index (χ1n) is 9.17. The van der Waals surface area contributed by atoms with Gasteiger partial charge in [-0.2, -0.15) is 0 Å². The van der Waals surface area contributed by atoms with Gasteiger partial charge in [-0.05, 0) is 46.5 Å². The van der Waals surface area contributed by atoms with Crippen LogP contribution in [0.25, 0.3) is 32.7 Å². The Morgan fingerprint density at radius 2 is 1.03 bits per heavy atom. The second-order valence-electron chi connectivity index (χ2n) is 7.40. The van der Waals surface area contributed by atoms with E-state index in [1.165, 1.54) is 0 Å². The third kappa shape index (κ3) is 2.35. The molecule has 1 aliphatic rings. The van der Waals surface area contributed by atoms with E-state index >= 15 is 4.48 Å². The molecule has 1 aliphatic heterocycles. The monoisotopic (exact) mass is 441 g/mol. The van der Waals surface area contributed by atoms with Crippen LogP contribution >= 0.6 is 0 Å². The fourth-order valence-electron chi connectivity index (χ4n) is 4.37. The van der Waals surface area contributed by atoms with Gasteiger partial charge in [0, 0.05) is 11.1 Å². The number of benzene rings is 4. The van der Waals surface area contributed by atoms with E-state index in [9.17, 15) is 16.8 Å². The quantitative estimate of drug-likeness (QED) is 0.366. The lowest BCUT2D eigenvalue weighted by Gasteiger charge is -2.17. The van der Waals surface area contributed by atoms with Crippen molar-refractivity contribution in [2.45, 2.75) is 23.6 Å². The van der Waals surface area contributed by atoms with Gasteiger partial charge in [0.1, 0.15) is 0 Å². The number of hydrogen-bond donors (Lipinski definition) is 0. The molecule has 4 aromatic carbocycles. The third-order valence-corrected chi connectivity index (χ3v) is 9.54. The lowest BCUT2D eigenvalue weighted by Crippen LogP contribution is -2.29. The summed E-state index contributed by atoms with van der Waals surface area (Å²) in [6, 6.07) is 17.5. The molecule has 0 aromatic heterocycles. The van der Waals surface area contributed by atoms with E-state index in [0.29, 0.717) is 10.8 Å². The Morgan fingerprint density at radius 1 is 0.667 bits per heavy atom. The fourth-order valence-corrected chi connectivity index (χ4v) is 8.01. The maximum Gasteiger partial charge on any atom is 0.284 e. The van der Waals surface area contributed by atoms with Crippen molar-refractivity contribution in [1.29, 1.82) is 0 Å². The minimum atomic E-state index is -4.96. The van der Waals surface area contributed by atoms with Crippen molar-refractivity contribution in [3.63, 3.8) is 0 Å². The number of halogens is 1. The van der Waals surface area contributed by atoms with Crippen LogP contribution in [0.2, 0.25) is 0 Å². The summed E-state index contributed by atoms with van der Waals surface area (Å²) >= 11 is 0. The Morgan fingerprint density at radius 3 is 1.43 bits per heavy atom. The van der Waals surface area contributed by atoms with Crippen molar-refractivity contribution < 1.29 is 21.3 Å². The predicted octanol–water partition coefficient (Wildman–Crippen LogP) is 4.85. The molecule has 1 heterocycles. The van der Waals surface area contributed by atoms with Crippen LogP contribution in [0.3, 0.4) is 0 Å². The molecule has 4 aromatic rings. The van der Waals surface area contributed by atoms with Crippen LogP contribution in [-0.2, 0) is 20.0 Å². The van der Waals surface area contributed by atoms with Crippen molar-refractivity contribution in [2.75, 3.05) is 0 Å². The number of nitrogens with zero attached hydrogens (tertiary/aromatic N) is 1. The zero-order valence-electron chi connectivity index (χ0n) is 16.0. The second-order valence-corrected chi connectivity index (χ2v) is 11.0. The highest BCUT2D eigenvalue weighted by Gasteiger charge is 2.46. The van der Waals surface area contributed by atoms with Gasteiger partial charge in [-0.15, -0.1) is 4.48 Å². The smallest absolute Gasteiger partial charge is 0.203 e. The van der Waals surface area contributed by atoms with Crippen molar-refractivity contribution in [2.24, 2.45) is 0 Å². The van der Waals surface area contributed by atoms with Crippen LogP contribution in [0.1, 0.15) is 11.1 Å². The van der Waals surface area contributed by atoms with Gasteiger partial charge in [0.25, 0.3) is 20.0 Å². The zero-order valence-corrected chi connectivity index (χ0v) is 17.7. The minimum Gasteiger partial charge on any atom is -0.203 e. The van der Waals surface area contributed by atoms with Crippen LogP contribution in [0.4, 0.5) is 4.48 Å². The van der Waals surface area contributed by atoms with Crippen LogP contribution < -0.4 is 0 Å². The molecular weight excluding hydrogens is 425 g/mol. The molecule has 0 fully saturated rings. The summed E-state index contributed by atoms with van der Waals surface area (Å²) in [6.45, 7) is 3.10. The third-order valence-electron chi connectivity index (χ3n) is 5.52. The average molecular weight is 442 g/mol. The first-order valence-corrected chi connectivity index (χ1v) is 12.0. The van der Waals surface area contributed by atoms with Crippen LogP contribution in [0, 0.1) is 13.8 Å². The number of fused-ring (bicyclic) bond motifs is 7. The molecule has 0 atom stereocenters. The molecule has 0 unspecified atom stereocenters. The van der Waals surface area contributed by atoms with Crippen molar-refractivity contribution >= 4 is 41.6 Å². The first-order chi connectivity index (χ1) is 14.2. The van der Waals surface area contributed by atoms with Gasteiger partial charge in [0.05, 0.1) is 13.7 Å². The molecule has 0 saturated carbocycles. The Balaban J connectivity index is 2.22. The van der Waals surface area contributed by atoms with Gasteiger partial charge in [-0.3, -0.25) is 0 Å². The molecule has 8 heteroatoms. The minimum absolute atomic E-state index is 0.212. The maximum absolute atomic E-state index is 15.2. The topological polar surface area (TPSA) is 71.5 Å². The van der Waals surface area contributed by atoms with E-state index in [-0.39, 0.29) is 32.0 Å². The summed E-state index contributed by atoms with van der Waals surface area (Å²) in [6.07, 6.45) is 0. The second kappa shape index (κ2) is 6.10. The van der Waals surface area contributed by atoms with Crippen LogP contribution in [-0.4, -0.2) is 20.8 Å². The molecule has 0 spiro atoms. The van der Waals surface area contributed by atoms with Gasteiger partial charge in [-0.1, -0.05) is 60.7 Å². The number of rotatable bonds is 0. The van der Waals surface area contributed by atoms with Gasteiger partial charge in [-0.25, -0.2) is 16.8 Å². The molecule has 5 nitrogen and oxygen atoms in total. The van der Waals surface area contributed by atoms with Gasteiger partial charge >= 0.3 is 0 Å². The van der Waals surface area contributed by atoms with Crippen LogP contribution in [0.15, 0.2) is 70.5 Å². The van der Waals surface area contributed by atoms with Crippen molar-refractivity contribution in [3.8, 4) is 11.1 Å². The number of sulfonamides is 2. The van der Waals surface area contributed by atoms with Crippen LogP contribution in [0.5, 0.6) is 0 Å². The molecule has 0 bridgehead atoms. The summed E-state index contributed by atoms with van der Waals surface area (Å²) in [5.41, 5.74) is 0.980. The highest BCUT2D eigenvalue weighted by atomic mass is 32.3. The van der Waals surface area contributed by atoms with E-state index in [1.54, 1.807) is 50.2 Å². The Hall–Kier alpha value is -2.81. The molecule has 5 rings (SSSR count). The predicted molar refractivity (Wildman–Crippen MR) is 114 cm³/mol. The summed E-state index contributed by atoms with van der Waals surface area (Å²) in [4.78, 5) is -0.663. The van der Waals surface area contributed by atoms with E-state index in [0.717, 1.165) is 10.8 Å². The van der Waals surface area contributed by atoms with Crippen molar-refractivity contribution in [1.82, 2.24) is 3.93 Å². The standard InChI is InChI=1S/C22H16FNO4S2/c1-13-11-15-7-3-5-9-17(15)19-20-18-10-6-4-8-16(18)12-14(2)22(20)30(27,28)24(23)29(25,26)21(13)19/h3-12H,1-2H3. The highest BCUT2D eigenvalue weighted by molar-refractivity contribution is 8.04. The Bertz CT molecular complexity index is 1490. The van der Waals surface area contributed by atoms with Gasteiger partial charge < -0.3 is 0 Å². The molecule has 0 N–H and O–H groups in total. The zero-order chi connectivity index (χ0) is 21.4. The molecule has 0 amide bonds. The van der Waals surface area contributed by atoms with E-state index < -0.39 is 24.0 Å². The molecule has 0 saturated heterocycles. The van der Waals surface area contributed by atoms with E-state index in [4.69, 9.17) is 0 Å². The van der Waals surface area contributed by atoms with E-state index in [1.807, 2.05) is 24.3 Å². The normalized spacial score (nSPS) is 17.4. The average Bonchev–Trinajstić information content (AvgIpc) is 2.75. The summed E-state index contributed by atoms with van der Waals surface area (Å²) < 4.78 is 67.0. The molecule has 0 aliphatic carbocycles. The summed E-state index contributed by atoms with van der Waals surface area (Å²) in [7, 11) is -9.92. The number of hydrogen-bond acceptors (Lipinski definition) is 4. The molecule has 152 valence electrons. The molecule has 0 radical (unpaired) electrons. The van der Waals surface area contributed by atoms with Crippen molar-refractivity contribution in [3.05, 3.63) is 71.8 Å². The molecular formula is C22H16FNO4S2. The SMILES string of the molecule is Cc1cc2ccccc2c2c1S(=O)(=O)N(F)S(=O)(=O)c1c(C)cc3ccccc3c1-2. The maximum atomic E-state index is 15.2. The van der Waals surface area contributed by atoms with Gasteiger partial charge in [0.15, 0.2) is 0 Å². The van der Waals surface area contributed by atoms with E-state index in [2.05, 4.69) is 0 Å². The Kier molecular flexibility index (Phi) is 3.90. The summed E-state index contributed by atoms with van der Waals surface area (Å²) in [5.74, 6) is 0. The first kappa shape index (κ1) is 19.2.